The summed E-state index contributed by atoms with van der Waals surface area (Å²) in [5.74, 6) is 0. The Balaban J connectivity index is 2.12. The van der Waals surface area contributed by atoms with Crippen molar-refractivity contribution in [1.29, 1.82) is 0 Å². The lowest BCUT2D eigenvalue weighted by molar-refractivity contribution is -0.671. The van der Waals surface area contributed by atoms with Crippen LogP contribution in [0.4, 0.5) is 0 Å². The molecule has 0 amide bonds. The highest BCUT2D eigenvalue weighted by Gasteiger charge is 2.00. The van der Waals surface area contributed by atoms with Crippen LogP contribution in [-0.2, 0) is 28.2 Å². The first-order valence-electron chi connectivity index (χ1n) is 4.58. The molecular formula is C8H14N2O4S. The number of hydrogen-bond acceptors (Lipinski definition) is 4. The summed E-state index contributed by atoms with van der Waals surface area (Å²) in [6, 6.07) is 0. The van der Waals surface area contributed by atoms with Crippen molar-refractivity contribution in [3.05, 3.63) is 18.7 Å². The summed E-state index contributed by atoms with van der Waals surface area (Å²) in [6.45, 7) is 0.738. The second-order valence-corrected chi connectivity index (χ2v) is 4.31. The van der Waals surface area contributed by atoms with Crippen LogP contribution in [-0.4, -0.2) is 24.1 Å². The van der Waals surface area contributed by atoms with E-state index in [0.717, 1.165) is 13.0 Å². The van der Waals surface area contributed by atoms with Gasteiger partial charge in [0, 0.05) is 0 Å². The van der Waals surface area contributed by atoms with Crippen molar-refractivity contribution in [3.8, 4) is 0 Å². The van der Waals surface area contributed by atoms with E-state index >= 15 is 0 Å². The molecule has 1 rings (SSSR count). The van der Waals surface area contributed by atoms with E-state index in [1.54, 1.807) is 0 Å². The molecule has 0 bridgehead atoms. The SMILES string of the molecule is C[n+]1ccn(CCCCOS(=O)(=O)[O-])c1. The molecule has 0 atom stereocenters. The molecule has 0 fully saturated rings. The van der Waals surface area contributed by atoms with E-state index < -0.39 is 10.4 Å². The van der Waals surface area contributed by atoms with Gasteiger partial charge in [-0.3, -0.25) is 4.18 Å². The topological polar surface area (TPSA) is 75.2 Å². The molecule has 0 N–H and O–H groups in total. The number of nitrogens with zero attached hydrogens (tertiary/aromatic N) is 2. The quantitative estimate of drug-likeness (QED) is 0.290. The van der Waals surface area contributed by atoms with E-state index in [1.165, 1.54) is 0 Å². The zero-order valence-corrected chi connectivity index (χ0v) is 9.31. The van der Waals surface area contributed by atoms with Gasteiger partial charge in [0.15, 0.2) is 0 Å². The van der Waals surface area contributed by atoms with Crippen LogP contribution >= 0.6 is 0 Å². The Labute approximate surface area is 89.1 Å². The van der Waals surface area contributed by atoms with Gasteiger partial charge in [-0.25, -0.2) is 17.6 Å². The fourth-order valence-electron chi connectivity index (χ4n) is 1.19. The van der Waals surface area contributed by atoms with Gasteiger partial charge in [-0.1, -0.05) is 0 Å². The molecule has 0 radical (unpaired) electrons. The molecule has 0 aliphatic heterocycles. The summed E-state index contributed by atoms with van der Waals surface area (Å²) in [6.07, 6.45) is 7.07. The van der Waals surface area contributed by atoms with Crippen LogP contribution in [0.1, 0.15) is 12.8 Å². The Kier molecular flexibility index (Phi) is 4.25. The summed E-state index contributed by atoms with van der Waals surface area (Å²) in [7, 11) is -2.61. The highest BCUT2D eigenvalue weighted by Crippen LogP contribution is 1.96. The highest BCUT2D eigenvalue weighted by molar-refractivity contribution is 7.80. The van der Waals surface area contributed by atoms with Crippen molar-refractivity contribution in [2.24, 2.45) is 7.05 Å². The summed E-state index contributed by atoms with van der Waals surface area (Å²) in [5, 5.41) is 0. The molecule has 0 saturated heterocycles. The van der Waals surface area contributed by atoms with E-state index in [0.29, 0.717) is 6.42 Å². The monoisotopic (exact) mass is 234 g/mol. The van der Waals surface area contributed by atoms with Gasteiger partial charge in [-0.2, -0.15) is 0 Å². The first kappa shape index (κ1) is 12.2. The predicted octanol–water partition coefficient (Wildman–Crippen LogP) is -0.430. The van der Waals surface area contributed by atoms with Crippen LogP contribution in [0.3, 0.4) is 0 Å². The Morgan fingerprint density at radius 2 is 2.20 bits per heavy atom. The lowest BCUT2D eigenvalue weighted by Crippen LogP contribution is -2.23. The fourth-order valence-corrected chi connectivity index (χ4v) is 1.51. The number of aromatic nitrogens is 2. The first-order valence-corrected chi connectivity index (χ1v) is 5.92. The van der Waals surface area contributed by atoms with E-state index in [-0.39, 0.29) is 6.61 Å². The summed E-state index contributed by atoms with van der Waals surface area (Å²) in [4.78, 5) is 0. The van der Waals surface area contributed by atoms with E-state index in [4.69, 9.17) is 0 Å². The molecule has 0 saturated carbocycles. The van der Waals surface area contributed by atoms with Crippen molar-refractivity contribution in [2.75, 3.05) is 6.61 Å². The zero-order chi connectivity index (χ0) is 11.3. The molecule has 1 aromatic rings. The molecule has 86 valence electrons. The number of unbranched alkanes of at least 4 members (excludes halogenated alkanes) is 1. The van der Waals surface area contributed by atoms with Crippen LogP contribution in [0, 0.1) is 0 Å². The Morgan fingerprint density at radius 1 is 1.47 bits per heavy atom. The molecule has 0 unspecified atom stereocenters. The van der Waals surface area contributed by atoms with Gasteiger partial charge in [-0.05, 0) is 12.8 Å². The summed E-state index contributed by atoms with van der Waals surface area (Å²) >= 11 is 0. The third kappa shape index (κ3) is 5.50. The minimum Gasteiger partial charge on any atom is -0.726 e. The molecule has 7 heteroatoms. The van der Waals surface area contributed by atoms with Crippen LogP contribution in [0.2, 0.25) is 0 Å². The molecule has 1 aromatic heterocycles. The van der Waals surface area contributed by atoms with E-state index in [2.05, 4.69) is 4.18 Å². The van der Waals surface area contributed by atoms with Gasteiger partial charge in [0.2, 0.25) is 16.7 Å². The van der Waals surface area contributed by atoms with Crippen molar-refractivity contribution < 1.29 is 21.7 Å². The van der Waals surface area contributed by atoms with Crippen molar-refractivity contribution in [2.45, 2.75) is 19.4 Å². The van der Waals surface area contributed by atoms with Gasteiger partial charge < -0.3 is 4.55 Å². The van der Waals surface area contributed by atoms with E-state index in [9.17, 15) is 13.0 Å². The van der Waals surface area contributed by atoms with Crippen molar-refractivity contribution in [1.82, 2.24) is 4.57 Å². The standard InChI is InChI=1S/C8H14N2O4S/c1-9-5-6-10(8-9)4-2-3-7-14-15(11,12)13/h5-6,8H,2-4,7H2,1H3. The Hall–Kier alpha value is -0.920. The largest absolute Gasteiger partial charge is 0.726 e. The summed E-state index contributed by atoms with van der Waals surface area (Å²) < 4.78 is 38.2. The lowest BCUT2D eigenvalue weighted by Gasteiger charge is -2.06. The smallest absolute Gasteiger partial charge is 0.243 e. The lowest BCUT2D eigenvalue weighted by atomic mass is 10.3. The molecule has 0 spiro atoms. The van der Waals surface area contributed by atoms with Gasteiger partial charge in [-0.15, -0.1) is 0 Å². The van der Waals surface area contributed by atoms with Crippen molar-refractivity contribution >= 4 is 10.4 Å². The number of hydrogen-bond donors (Lipinski definition) is 0. The predicted molar refractivity (Wildman–Crippen MR) is 50.5 cm³/mol. The highest BCUT2D eigenvalue weighted by atomic mass is 32.3. The Morgan fingerprint density at radius 3 is 2.73 bits per heavy atom. The normalized spacial score (nSPS) is 11.9. The van der Waals surface area contributed by atoms with Crippen LogP contribution in [0.5, 0.6) is 0 Å². The molecular weight excluding hydrogens is 220 g/mol. The minimum atomic E-state index is -4.53. The maximum Gasteiger partial charge on any atom is 0.243 e. The fraction of sp³-hybridized carbons (Fsp3) is 0.625. The van der Waals surface area contributed by atoms with Gasteiger partial charge in [0.05, 0.1) is 20.2 Å². The number of aryl methyl sites for hydroxylation is 2. The first-order chi connectivity index (χ1) is 6.97. The minimum absolute atomic E-state index is 0.0424. The third-order valence-electron chi connectivity index (χ3n) is 1.86. The van der Waals surface area contributed by atoms with Crippen LogP contribution < -0.4 is 4.57 Å². The average Bonchev–Trinajstić information content (AvgIpc) is 2.49. The van der Waals surface area contributed by atoms with Gasteiger partial charge >= 0.3 is 0 Å². The average molecular weight is 234 g/mol. The maximum absolute atomic E-state index is 10.1. The molecule has 0 aliphatic carbocycles. The second-order valence-electron chi connectivity index (χ2n) is 3.25. The summed E-state index contributed by atoms with van der Waals surface area (Å²) in [5.41, 5.74) is 0. The maximum atomic E-state index is 10.1. The molecule has 0 aromatic carbocycles. The number of imidazole rings is 1. The third-order valence-corrected chi connectivity index (χ3v) is 2.32. The zero-order valence-electron chi connectivity index (χ0n) is 8.50. The van der Waals surface area contributed by atoms with Crippen molar-refractivity contribution in [3.63, 3.8) is 0 Å². The Bertz CT molecular complexity index is 399. The van der Waals surface area contributed by atoms with Gasteiger partial charge in [0.1, 0.15) is 12.4 Å². The molecule has 15 heavy (non-hydrogen) atoms. The van der Waals surface area contributed by atoms with Crippen LogP contribution in [0.15, 0.2) is 18.7 Å². The van der Waals surface area contributed by atoms with Crippen LogP contribution in [0.25, 0.3) is 0 Å². The van der Waals surface area contributed by atoms with Gasteiger partial charge in [0.25, 0.3) is 0 Å². The molecule has 1 heterocycles. The van der Waals surface area contributed by atoms with E-state index in [1.807, 2.05) is 34.9 Å². The number of rotatable bonds is 6. The second kappa shape index (κ2) is 5.24. The molecule has 6 nitrogen and oxygen atoms in total. The molecule has 0 aliphatic rings.